The van der Waals surface area contributed by atoms with Gasteiger partial charge in [-0.1, -0.05) is 33.6 Å². The molecule has 0 aromatic carbocycles. The van der Waals surface area contributed by atoms with Crippen molar-refractivity contribution in [2.45, 2.75) is 84.2 Å². The molecule has 0 radical (unpaired) electrons. The van der Waals surface area contributed by atoms with Crippen LogP contribution in [0.3, 0.4) is 0 Å². The van der Waals surface area contributed by atoms with Crippen molar-refractivity contribution in [3.8, 4) is 0 Å². The number of hydrogen-bond donors (Lipinski definition) is 1. The maximum atomic E-state index is 3.89. The Labute approximate surface area is 126 Å². The van der Waals surface area contributed by atoms with Gasteiger partial charge in [0.1, 0.15) is 0 Å². The molecule has 2 nitrogen and oxygen atoms in total. The highest BCUT2D eigenvalue weighted by Crippen LogP contribution is 2.38. The standard InChI is InChI=1S/C18H36N2/c1-5-18(4,20-13-7-8-14-20)17(19-6-2)16-11-9-15(3)10-12-16/h15-17,19H,5-14H2,1-4H3. The lowest BCUT2D eigenvalue weighted by Gasteiger charge is -2.49. The lowest BCUT2D eigenvalue weighted by molar-refractivity contribution is 0.0438. The van der Waals surface area contributed by atoms with Gasteiger partial charge in [0.2, 0.25) is 0 Å². The first kappa shape index (κ1) is 16.3. The summed E-state index contributed by atoms with van der Waals surface area (Å²) in [6.45, 7) is 13.4. The van der Waals surface area contributed by atoms with Crippen molar-refractivity contribution < 1.29 is 0 Å². The zero-order valence-electron chi connectivity index (χ0n) is 14.3. The van der Waals surface area contributed by atoms with E-state index in [1.165, 1.54) is 58.0 Å². The fraction of sp³-hybridized carbons (Fsp3) is 1.00. The highest BCUT2D eigenvalue weighted by Gasteiger charge is 2.43. The van der Waals surface area contributed by atoms with Gasteiger partial charge >= 0.3 is 0 Å². The molecule has 0 aromatic rings. The van der Waals surface area contributed by atoms with Crippen molar-refractivity contribution in [3.05, 3.63) is 0 Å². The summed E-state index contributed by atoms with van der Waals surface area (Å²) in [5, 5.41) is 3.89. The Morgan fingerprint density at radius 2 is 1.70 bits per heavy atom. The van der Waals surface area contributed by atoms with E-state index in [2.05, 4.69) is 37.9 Å². The molecular weight excluding hydrogens is 244 g/mol. The molecule has 0 amide bonds. The summed E-state index contributed by atoms with van der Waals surface area (Å²) in [5.74, 6) is 1.84. The van der Waals surface area contributed by atoms with Crippen LogP contribution in [0.4, 0.5) is 0 Å². The molecule has 0 spiro atoms. The fourth-order valence-electron chi connectivity index (χ4n) is 4.60. The van der Waals surface area contributed by atoms with Crippen molar-refractivity contribution in [1.29, 1.82) is 0 Å². The molecule has 2 heteroatoms. The Balaban J connectivity index is 2.11. The van der Waals surface area contributed by atoms with E-state index in [1.54, 1.807) is 0 Å². The van der Waals surface area contributed by atoms with E-state index in [0.717, 1.165) is 18.4 Å². The Hall–Kier alpha value is -0.0800. The number of nitrogens with zero attached hydrogens (tertiary/aromatic N) is 1. The molecule has 2 rings (SSSR count). The third-order valence-corrected chi connectivity index (χ3v) is 6.17. The molecule has 1 aliphatic carbocycles. The van der Waals surface area contributed by atoms with Crippen LogP contribution in [0.25, 0.3) is 0 Å². The van der Waals surface area contributed by atoms with Crippen LogP contribution in [0.2, 0.25) is 0 Å². The Morgan fingerprint density at radius 3 is 2.20 bits per heavy atom. The van der Waals surface area contributed by atoms with E-state index >= 15 is 0 Å². The first-order valence-electron chi connectivity index (χ1n) is 9.10. The molecule has 0 aromatic heterocycles. The normalized spacial score (nSPS) is 33.0. The van der Waals surface area contributed by atoms with Crippen LogP contribution in [-0.2, 0) is 0 Å². The molecule has 1 aliphatic heterocycles. The van der Waals surface area contributed by atoms with Crippen LogP contribution < -0.4 is 5.32 Å². The topological polar surface area (TPSA) is 15.3 Å². The molecule has 118 valence electrons. The molecule has 1 saturated heterocycles. The molecule has 0 bridgehead atoms. The van der Waals surface area contributed by atoms with Gasteiger partial charge in [-0.15, -0.1) is 0 Å². The maximum absolute atomic E-state index is 3.89. The smallest absolute Gasteiger partial charge is 0.0334 e. The summed E-state index contributed by atoms with van der Waals surface area (Å²) in [7, 11) is 0. The van der Waals surface area contributed by atoms with Gasteiger partial charge in [0.15, 0.2) is 0 Å². The summed E-state index contributed by atoms with van der Waals surface area (Å²) >= 11 is 0. The minimum absolute atomic E-state index is 0.359. The van der Waals surface area contributed by atoms with E-state index in [9.17, 15) is 0 Å². The van der Waals surface area contributed by atoms with Gasteiger partial charge in [0.05, 0.1) is 0 Å². The lowest BCUT2D eigenvalue weighted by Crippen LogP contribution is -2.61. The third kappa shape index (κ3) is 3.39. The summed E-state index contributed by atoms with van der Waals surface area (Å²) in [6.07, 6.45) is 9.81. The Morgan fingerprint density at radius 1 is 1.10 bits per heavy atom. The summed E-state index contributed by atoms with van der Waals surface area (Å²) < 4.78 is 0. The lowest BCUT2D eigenvalue weighted by atomic mass is 9.71. The first-order valence-corrected chi connectivity index (χ1v) is 9.10. The van der Waals surface area contributed by atoms with Crippen molar-refractivity contribution >= 4 is 0 Å². The molecule has 2 unspecified atom stereocenters. The van der Waals surface area contributed by atoms with Gasteiger partial charge in [-0.25, -0.2) is 0 Å². The zero-order chi connectivity index (χ0) is 14.6. The summed E-state index contributed by atoms with van der Waals surface area (Å²) in [4.78, 5) is 2.79. The largest absolute Gasteiger partial charge is 0.312 e. The van der Waals surface area contributed by atoms with Crippen molar-refractivity contribution in [1.82, 2.24) is 10.2 Å². The molecule has 2 atom stereocenters. The number of nitrogens with one attached hydrogen (secondary N) is 1. The maximum Gasteiger partial charge on any atom is 0.0334 e. The second-order valence-corrected chi connectivity index (χ2v) is 7.46. The van der Waals surface area contributed by atoms with E-state index in [-0.39, 0.29) is 0 Å². The van der Waals surface area contributed by atoms with Crippen LogP contribution in [0.1, 0.15) is 72.6 Å². The second-order valence-electron chi connectivity index (χ2n) is 7.46. The van der Waals surface area contributed by atoms with Crippen LogP contribution in [0.5, 0.6) is 0 Å². The molecule has 20 heavy (non-hydrogen) atoms. The highest BCUT2D eigenvalue weighted by atomic mass is 15.2. The SMILES string of the molecule is CCNC(C1CCC(C)CC1)C(C)(CC)N1CCCC1. The summed E-state index contributed by atoms with van der Waals surface area (Å²) in [5.41, 5.74) is 0.359. The van der Waals surface area contributed by atoms with Crippen molar-refractivity contribution in [2.75, 3.05) is 19.6 Å². The quantitative estimate of drug-likeness (QED) is 0.789. The number of rotatable bonds is 6. The van der Waals surface area contributed by atoms with Crippen LogP contribution in [-0.4, -0.2) is 36.1 Å². The van der Waals surface area contributed by atoms with E-state index in [0.29, 0.717) is 11.6 Å². The monoisotopic (exact) mass is 280 g/mol. The predicted molar refractivity (Wildman–Crippen MR) is 88.1 cm³/mol. The number of likely N-dealkylation sites (N-methyl/N-ethyl adjacent to an activating group) is 1. The van der Waals surface area contributed by atoms with Gasteiger partial charge < -0.3 is 5.32 Å². The molecule has 1 heterocycles. The minimum Gasteiger partial charge on any atom is -0.312 e. The average molecular weight is 280 g/mol. The van der Waals surface area contributed by atoms with Crippen LogP contribution in [0, 0.1) is 11.8 Å². The van der Waals surface area contributed by atoms with E-state index in [4.69, 9.17) is 0 Å². The van der Waals surface area contributed by atoms with Crippen LogP contribution >= 0.6 is 0 Å². The van der Waals surface area contributed by atoms with Crippen molar-refractivity contribution in [2.24, 2.45) is 11.8 Å². The first-order chi connectivity index (χ1) is 9.61. The Bertz CT molecular complexity index is 277. The molecule has 1 N–H and O–H groups in total. The number of hydrogen-bond acceptors (Lipinski definition) is 2. The van der Waals surface area contributed by atoms with Gasteiger partial charge in [-0.05, 0) is 70.5 Å². The van der Waals surface area contributed by atoms with Gasteiger partial charge in [0.25, 0.3) is 0 Å². The van der Waals surface area contributed by atoms with Gasteiger partial charge in [0, 0.05) is 11.6 Å². The minimum atomic E-state index is 0.359. The predicted octanol–water partition coefficient (Wildman–Crippen LogP) is 4.06. The average Bonchev–Trinajstić information content (AvgIpc) is 3.00. The van der Waals surface area contributed by atoms with Gasteiger partial charge in [-0.2, -0.15) is 0 Å². The zero-order valence-corrected chi connectivity index (χ0v) is 14.3. The third-order valence-electron chi connectivity index (χ3n) is 6.17. The summed E-state index contributed by atoms with van der Waals surface area (Å²) in [6, 6.07) is 0.683. The van der Waals surface area contributed by atoms with Gasteiger partial charge in [-0.3, -0.25) is 4.90 Å². The molecule has 2 fully saturated rings. The Kier molecular flexibility index (Phi) is 5.92. The second kappa shape index (κ2) is 7.26. The number of likely N-dealkylation sites (tertiary alicyclic amines) is 1. The highest BCUT2D eigenvalue weighted by molar-refractivity contribution is 5.01. The molecule has 1 saturated carbocycles. The van der Waals surface area contributed by atoms with Crippen LogP contribution in [0.15, 0.2) is 0 Å². The van der Waals surface area contributed by atoms with E-state index in [1.807, 2.05) is 0 Å². The van der Waals surface area contributed by atoms with Crippen molar-refractivity contribution in [3.63, 3.8) is 0 Å². The fourth-order valence-corrected chi connectivity index (χ4v) is 4.60. The van der Waals surface area contributed by atoms with E-state index < -0.39 is 0 Å². The molecule has 2 aliphatic rings. The molecular formula is C18H36N2.